The summed E-state index contributed by atoms with van der Waals surface area (Å²) in [5, 5.41) is 3.02. The first-order valence-corrected chi connectivity index (χ1v) is 9.30. The van der Waals surface area contributed by atoms with E-state index in [2.05, 4.69) is 19.2 Å². The molecule has 0 spiro atoms. The van der Waals surface area contributed by atoms with Gasteiger partial charge >= 0.3 is 0 Å². The predicted octanol–water partition coefficient (Wildman–Crippen LogP) is 4.22. The van der Waals surface area contributed by atoms with Gasteiger partial charge in [0.25, 0.3) is 5.91 Å². The van der Waals surface area contributed by atoms with Crippen LogP contribution in [-0.2, 0) is 4.79 Å². The number of para-hydroxylation sites is 1. The van der Waals surface area contributed by atoms with Gasteiger partial charge in [-0.3, -0.25) is 9.59 Å². The summed E-state index contributed by atoms with van der Waals surface area (Å²) >= 11 is 0. The van der Waals surface area contributed by atoms with Crippen molar-refractivity contribution in [2.45, 2.75) is 70.9 Å². The molecule has 4 nitrogen and oxygen atoms in total. The molecule has 1 aromatic rings. The molecule has 2 fully saturated rings. The van der Waals surface area contributed by atoms with Crippen LogP contribution in [0.3, 0.4) is 0 Å². The summed E-state index contributed by atoms with van der Waals surface area (Å²) in [7, 11) is 0. The molecular formula is C20H28N2O2. The number of anilines is 1. The maximum atomic E-state index is 13.1. The smallest absolute Gasteiger partial charge is 0.256 e. The van der Waals surface area contributed by atoms with Crippen molar-refractivity contribution in [2.24, 2.45) is 5.92 Å². The predicted molar refractivity (Wildman–Crippen MR) is 96.0 cm³/mol. The molecule has 2 aliphatic rings. The number of likely N-dealkylation sites (tertiary alicyclic amines) is 1. The molecule has 4 heteroatoms. The maximum absolute atomic E-state index is 13.1. The van der Waals surface area contributed by atoms with E-state index in [1.807, 2.05) is 29.2 Å². The number of piperidine rings is 1. The second-order valence-corrected chi connectivity index (χ2v) is 7.36. The summed E-state index contributed by atoms with van der Waals surface area (Å²) in [5.41, 5.74) is 1.27. The lowest BCUT2D eigenvalue weighted by Gasteiger charge is -2.39. The Kier molecular flexibility index (Phi) is 5.22. The van der Waals surface area contributed by atoms with Crippen molar-refractivity contribution < 1.29 is 9.59 Å². The van der Waals surface area contributed by atoms with Crippen molar-refractivity contribution in [1.29, 1.82) is 0 Å². The summed E-state index contributed by atoms with van der Waals surface area (Å²) in [6, 6.07) is 7.93. The number of nitrogens with zero attached hydrogens (tertiary/aromatic N) is 1. The lowest BCUT2D eigenvalue weighted by atomic mass is 9.96. The Hall–Kier alpha value is -1.84. The van der Waals surface area contributed by atoms with Crippen LogP contribution in [0.1, 0.15) is 69.2 Å². The zero-order valence-corrected chi connectivity index (χ0v) is 14.8. The van der Waals surface area contributed by atoms with E-state index in [9.17, 15) is 9.59 Å². The molecular weight excluding hydrogens is 300 g/mol. The van der Waals surface area contributed by atoms with E-state index in [0.29, 0.717) is 11.3 Å². The Morgan fingerprint density at radius 3 is 2.25 bits per heavy atom. The molecule has 1 aliphatic heterocycles. The molecule has 0 aromatic heterocycles. The molecule has 0 unspecified atom stereocenters. The van der Waals surface area contributed by atoms with Crippen LogP contribution in [-0.4, -0.2) is 28.8 Å². The third kappa shape index (κ3) is 3.47. The van der Waals surface area contributed by atoms with E-state index >= 15 is 0 Å². The van der Waals surface area contributed by atoms with Crippen molar-refractivity contribution in [3.8, 4) is 0 Å². The van der Waals surface area contributed by atoms with Crippen LogP contribution in [0.4, 0.5) is 5.69 Å². The number of nitrogens with one attached hydrogen (secondary N) is 1. The summed E-state index contributed by atoms with van der Waals surface area (Å²) in [5.74, 6) is 0.200. The fraction of sp³-hybridized carbons (Fsp3) is 0.600. The minimum atomic E-state index is 0.0389. The van der Waals surface area contributed by atoms with Crippen LogP contribution in [0.5, 0.6) is 0 Å². The van der Waals surface area contributed by atoms with Crippen LogP contribution < -0.4 is 5.32 Å². The van der Waals surface area contributed by atoms with Crippen molar-refractivity contribution in [1.82, 2.24) is 4.90 Å². The summed E-state index contributed by atoms with van der Waals surface area (Å²) in [6.45, 7) is 4.24. The molecule has 1 aliphatic carbocycles. The van der Waals surface area contributed by atoms with Crippen molar-refractivity contribution >= 4 is 17.5 Å². The van der Waals surface area contributed by atoms with E-state index in [1.54, 1.807) is 0 Å². The first-order chi connectivity index (χ1) is 11.6. The van der Waals surface area contributed by atoms with Gasteiger partial charge in [-0.2, -0.15) is 0 Å². The average molecular weight is 328 g/mol. The molecule has 130 valence electrons. The molecule has 0 bridgehead atoms. The SMILES string of the molecule is C[C@H]1CCC[C@H](C)N1C(=O)c1ccccc1NC(=O)C1CCCC1. The van der Waals surface area contributed by atoms with E-state index < -0.39 is 0 Å². The van der Waals surface area contributed by atoms with Gasteiger partial charge in [0.2, 0.25) is 5.91 Å². The van der Waals surface area contributed by atoms with Crippen LogP contribution in [0.25, 0.3) is 0 Å². The highest BCUT2D eigenvalue weighted by Gasteiger charge is 2.31. The molecule has 1 aromatic carbocycles. The number of hydrogen-bond acceptors (Lipinski definition) is 2. The van der Waals surface area contributed by atoms with Crippen molar-refractivity contribution in [2.75, 3.05) is 5.32 Å². The van der Waals surface area contributed by atoms with E-state index in [1.165, 1.54) is 6.42 Å². The quantitative estimate of drug-likeness (QED) is 0.903. The van der Waals surface area contributed by atoms with Gasteiger partial charge in [-0.1, -0.05) is 25.0 Å². The molecule has 2 amide bonds. The van der Waals surface area contributed by atoms with Gasteiger partial charge in [-0.15, -0.1) is 0 Å². The Balaban J connectivity index is 1.80. The first-order valence-electron chi connectivity index (χ1n) is 9.30. The zero-order chi connectivity index (χ0) is 17.1. The fourth-order valence-electron chi connectivity index (χ4n) is 4.16. The van der Waals surface area contributed by atoms with E-state index in [4.69, 9.17) is 0 Å². The average Bonchev–Trinajstić information content (AvgIpc) is 3.09. The standard InChI is InChI=1S/C20H28N2O2/c1-14-8-7-9-15(2)22(14)20(24)17-12-5-6-13-18(17)21-19(23)16-10-3-4-11-16/h5-6,12-16H,3-4,7-11H2,1-2H3,(H,21,23)/t14-,15-/m0/s1. The minimum absolute atomic E-state index is 0.0389. The van der Waals surface area contributed by atoms with Gasteiger partial charge in [0.15, 0.2) is 0 Å². The molecule has 1 saturated carbocycles. The number of carbonyl (C=O) groups excluding carboxylic acids is 2. The lowest BCUT2D eigenvalue weighted by Crippen LogP contribution is -2.47. The van der Waals surface area contributed by atoms with E-state index in [0.717, 1.165) is 38.5 Å². The third-order valence-corrected chi connectivity index (χ3v) is 5.57. The van der Waals surface area contributed by atoms with Crippen LogP contribution in [0.2, 0.25) is 0 Å². The summed E-state index contributed by atoms with van der Waals surface area (Å²) in [6.07, 6.45) is 7.44. The molecule has 1 saturated heterocycles. The largest absolute Gasteiger partial charge is 0.333 e. The second-order valence-electron chi connectivity index (χ2n) is 7.36. The topological polar surface area (TPSA) is 49.4 Å². The number of carbonyl (C=O) groups is 2. The molecule has 1 heterocycles. The monoisotopic (exact) mass is 328 g/mol. The second kappa shape index (κ2) is 7.37. The Bertz CT molecular complexity index is 597. The highest BCUT2D eigenvalue weighted by Crippen LogP contribution is 2.29. The van der Waals surface area contributed by atoms with Gasteiger partial charge in [0.1, 0.15) is 0 Å². The number of benzene rings is 1. The van der Waals surface area contributed by atoms with E-state index in [-0.39, 0.29) is 29.8 Å². The third-order valence-electron chi connectivity index (χ3n) is 5.57. The Morgan fingerprint density at radius 1 is 0.958 bits per heavy atom. The first kappa shape index (κ1) is 17.0. The Labute approximate surface area is 144 Å². The highest BCUT2D eigenvalue weighted by molar-refractivity contribution is 6.04. The van der Waals surface area contributed by atoms with Crippen LogP contribution >= 0.6 is 0 Å². The van der Waals surface area contributed by atoms with Gasteiger partial charge in [-0.25, -0.2) is 0 Å². The fourth-order valence-corrected chi connectivity index (χ4v) is 4.16. The van der Waals surface area contributed by atoms with Gasteiger partial charge in [-0.05, 0) is 58.1 Å². The zero-order valence-electron chi connectivity index (χ0n) is 14.8. The van der Waals surface area contributed by atoms with Gasteiger partial charge in [0, 0.05) is 18.0 Å². The number of amides is 2. The Morgan fingerprint density at radius 2 is 1.58 bits per heavy atom. The number of rotatable bonds is 3. The summed E-state index contributed by atoms with van der Waals surface area (Å²) < 4.78 is 0. The minimum Gasteiger partial charge on any atom is -0.333 e. The molecule has 0 radical (unpaired) electrons. The molecule has 3 rings (SSSR count). The highest BCUT2D eigenvalue weighted by atomic mass is 16.2. The van der Waals surface area contributed by atoms with Crippen LogP contribution in [0, 0.1) is 5.92 Å². The lowest BCUT2D eigenvalue weighted by molar-refractivity contribution is -0.119. The van der Waals surface area contributed by atoms with Gasteiger partial charge < -0.3 is 10.2 Å². The van der Waals surface area contributed by atoms with Crippen LogP contribution in [0.15, 0.2) is 24.3 Å². The van der Waals surface area contributed by atoms with Crippen molar-refractivity contribution in [3.63, 3.8) is 0 Å². The normalized spacial score (nSPS) is 24.8. The molecule has 24 heavy (non-hydrogen) atoms. The molecule has 2 atom stereocenters. The maximum Gasteiger partial charge on any atom is 0.256 e. The van der Waals surface area contributed by atoms with Crippen molar-refractivity contribution in [3.05, 3.63) is 29.8 Å². The van der Waals surface area contributed by atoms with Gasteiger partial charge in [0.05, 0.1) is 11.3 Å². The number of hydrogen-bond donors (Lipinski definition) is 1. The summed E-state index contributed by atoms with van der Waals surface area (Å²) in [4.78, 5) is 27.6. The molecule has 1 N–H and O–H groups in total.